The summed E-state index contributed by atoms with van der Waals surface area (Å²) in [6.45, 7) is -0.00156. The van der Waals surface area contributed by atoms with Crippen LogP contribution in [-0.4, -0.2) is 18.3 Å². The molecular formula is C16H15ClFN3O2. The molecule has 0 radical (unpaired) electrons. The highest BCUT2D eigenvalue weighted by molar-refractivity contribution is 6.31. The van der Waals surface area contributed by atoms with Crippen LogP contribution >= 0.6 is 11.6 Å². The number of oxime groups is 1. The molecule has 0 fully saturated rings. The summed E-state index contributed by atoms with van der Waals surface area (Å²) in [7, 11) is 0. The van der Waals surface area contributed by atoms with Crippen LogP contribution in [0.25, 0.3) is 0 Å². The van der Waals surface area contributed by atoms with Gasteiger partial charge in [0.2, 0.25) is 0 Å². The average molecular weight is 336 g/mol. The molecule has 2 aromatic carbocycles. The summed E-state index contributed by atoms with van der Waals surface area (Å²) in [6, 6.07) is 12.6. The first kappa shape index (κ1) is 16.8. The van der Waals surface area contributed by atoms with Crippen molar-refractivity contribution in [1.82, 2.24) is 5.32 Å². The van der Waals surface area contributed by atoms with Crippen LogP contribution in [0.5, 0.6) is 0 Å². The summed E-state index contributed by atoms with van der Waals surface area (Å²) < 4.78 is 12.8. The second kappa shape index (κ2) is 8.14. The normalized spacial score (nSPS) is 11.1. The van der Waals surface area contributed by atoms with Gasteiger partial charge in [-0.3, -0.25) is 4.79 Å². The van der Waals surface area contributed by atoms with Gasteiger partial charge in [0.1, 0.15) is 5.82 Å². The lowest BCUT2D eigenvalue weighted by Crippen LogP contribution is -2.27. The van der Waals surface area contributed by atoms with Crippen LogP contribution in [0.15, 0.2) is 53.7 Å². The smallest absolute Gasteiger partial charge is 0.261 e. The number of amides is 1. The molecule has 0 aliphatic carbocycles. The Labute approximate surface area is 137 Å². The van der Waals surface area contributed by atoms with E-state index in [4.69, 9.17) is 22.2 Å². The SMILES string of the molecule is N/C(=N/OCC(=O)NCc1ccc(F)cc1)c1cccc(Cl)c1. The largest absolute Gasteiger partial charge is 0.384 e. The van der Waals surface area contributed by atoms with E-state index in [0.29, 0.717) is 10.6 Å². The number of nitrogens with one attached hydrogen (secondary N) is 1. The summed E-state index contributed by atoms with van der Waals surface area (Å²) in [6.07, 6.45) is 0. The predicted octanol–water partition coefficient (Wildman–Crippen LogP) is 2.43. The van der Waals surface area contributed by atoms with Crippen LogP contribution in [0, 0.1) is 5.82 Å². The molecule has 120 valence electrons. The molecule has 0 saturated carbocycles. The molecule has 0 aromatic heterocycles. The lowest BCUT2D eigenvalue weighted by atomic mass is 10.2. The minimum Gasteiger partial charge on any atom is -0.384 e. The van der Waals surface area contributed by atoms with Crippen molar-refractivity contribution in [2.75, 3.05) is 6.61 Å². The van der Waals surface area contributed by atoms with Gasteiger partial charge >= 0.3 is 0 Å². The molecule has 0 aliphatic heterocycles. The number of benzene rings is 2. The van der Waals surface area contributed by atoms with E-state index in [1.807, 2.05) is 0 Å². The minimum absolute atomic E-state index is 0.124. The molecule has 3 N–H and O–H groups in total. The zero-order chi connectivity index (χ0) is 16.7. The fourth-order valence-corrected chi connectivity index (χ4v) is 1.91. The van der Waals surface area contributed by atoms with Crippen molar-refractivity contribution in [3.8, 4) is 0 Å². The Morgan fingerprint density at radius 1 is 1.26 bits per heavy atom. The van der Waals surface area contributed by atoms with Gasteiger partial charge < -0.3 is 15.9 Å². The quantitative estimate of drug-likeness (QED) is 0.483. The summed E-state index contributed by atoms with van der Waals surface area (Å²) in [5.41, 5.74) is 7.11. The highest BCUT2D eigenvalue weighted by Crippen LogP contribution is 2.10. The average Bonchev–Trinajstić information content (AvgIpc) is 2.54. The summed E-state index contributed by atoms with van der Waals surface area (Å²) in [5, 5.41) is 6.82. The van der Waals surface area contributed by atoms with Gasteiger partial charge in [-0.2, -0.15) is 0 Å². The third kappa shape index (κ3) is 5.60. The molecule has 7 heteroatoms. The molecule has 0 atom stereocenters. The first-order valence-corrected chi connectivity index (χ1v) is 7.15. The van der Waals surface area contributed by atoms with Crippen LogP contribution in [0.2, 0.25) is 5.02 Å². The number of nitrogens with two attached hydrogens (primary N) is 1. The fraction of sp³-hybridized carbons (Fsp3) is 0.125. The number of carbonyl (C=O) groups excluding carboxylic acids is 1. The van der Waals surface area contributed by atoms with Crippen molar-refractivity contribution >= 4 is 23.3 Å². The Morgan fingerprint density at radius 3 is 2.70 bits per heavy atom. The summed E-state index contributed by atoms with van der Waals surface area (Å²) in [4.78, 5) is 16.5. The Morgan fingerprint density at radius 2 is 2.00 bits per heavy atom. The monoisotopic (exact) mass is 335 g/mol. The maximum Gasteiger partial charge on any atom is 0.261 e. The van der Waals surface area contributed by atoms with Crippen LogP contribution in [-0.2, 0) is 16.2 Å². The topological polar surface area (TPSA) is 76.7 Å². The van der Waals surface area contributed by atoms with E-state index in [1.54, 1.807) is 36.4 Å². The first-order valence-electron chi connectivity index (χ1n) is 6.77. The van der Waals surface area contributed by atoms with Crippen molar-refractivity contribution in [3.05, 3.63) is 70.5 Å². The molecular weight excluding hydrogens is 321 g/mol. The molecule has 0 aliphatic rings. The van der Waals surface area contributed by atoms with Gasteiger partial charge in [-0.05, 0) is 29.8 Å². The number of hydrogen-bond acceptors (Lipinski definition) is 3. The van der Waals surface area contributed by atoms with Gasteiger partial charge in [0, 0.05) is 17.1 Å². The van der Waals surface area contributed by atoms with Crippen molar-refractivity contribution in [1.29, 1.82) is 0 Å². The fourth-order valence-electron chi connectivity index (χ4n) is 1.71. The third-order valence-electron chi connectivity index (χ3n) is 2.88. The Kier molecular flexibility index (Phi) is 5.94. The van der Waals surface area contributed by atoms with E-state index < -0.39 is 0 Å². The van der Waals surface area contributed by atoms with Gasteiger partial charge in [-0.1, -0.05) is 41.0 Å². The van der Waals surface area contributed by atoms with E-state index >= 15 is 0 Å². The zero-order valence-corrected chi connectivity index (χ0v) is 12.9. The van der Waals surface area contributed by atoms with E-state index in [9.17, 15) is 9.18 Å². The lowest BCUT2D eigenvalue weighted by molar-refractivity contribution is -0.125. The number of rotatable bonds is 6. The lowest BCUT2D eigenvalue weighted by Gasteiger charge is -2.05. The van der Waals surface area contributed by atoms with Gasteiger partial charge in [-0.15, -0.1) is 0 Å². The van der Waals surface area contributed by atoms with Crippen LogP contribution in [0.1, 0.15) is 11.1 Å². The second-order valence-corrected chi connectivity index (χ2v) is 5.10. The molecule has 23 heavy (non-hydrogen) atoms. The van der Waals surface area contributed by atoms with Crippen molar-refractivity contribution in [3.63, 3.8) is 0 Å². The van der Waals surface area contributed by atoms with Crippen molar-refractivity contribution in [2.24, 2.45) is 10.9 Å². The molecule has 1 amide bonds. The van der Waals surface area contributed by atoms with E-state index in [-0.39, 0.29) is 30.7 Å². The highest BCUT2D eigenvalue weighted by atomic mass is 35.5. The molecule has 0 heterocycles. The Hall–Kier alpha value is -2.60. The van der Waals surface area contributed by atoms with E-state index in [2.05, 4.69) is 10.5 Å². The van der Waals surface area contributed by atoms with Gasteiger partial charge in [-0.25, -0.2) is 4.39 Å². The first-order chi connectivity index (χ1) is 11.0. The third-order valence-corrected chi connectivity index (χ3v) is 3.12. The number of hydrogen-bond donors (Lipinski definition) is 2. The number of amidine groups is 1. The number of nitrogens with zero attached hydrogens (tertiary/aromatic N) is 1. The molecule has 0 bridgehead atoms. The molecule has 0 saturated heterocycles. The van der Waals surface area contributed by atoms with Crippen LogP contribution in [0.4, 0.5) is 4.39 Å². The van der Waals surface area contributed by atoms with Crippen molar-refractivity contribution < 1.29 is 14.0 Å². The molecule has 0 spiro atoms. The molecule has 5 nitrogen and oxygen atoms in total. The van der Waals surface area contributed by atoms with Gasteiger partial charge in [0.05, 0.1) is 0 Å². The molecule has 0 unspecified atom stereocenters. The van der Waals surface area contributed by atoms with Crippen molar-refractivity contribution in [2.45, 2.75) is 6.54 Å². The minimum atomic E-state index is -0.364. The van der Waals surface area contributed by atoms with E-state index in [1.165, 1.54) is 12.1 Å². The predicted molar refractivity (Wildman–Crippen MR) is 86.4 cm³/mol. The molecule has 2 rings (SSSR count). The van der Waals surface area contributed by atoms with Gasteiger partial charge in [0.15, 0.2) is 12.4 Å². The maximum absolute atomic E-state index is 12.8. The second-order valence-electron chi connectivity index (χ2n) is 4.66. The molecule has 2 aromatic rings. The summed E-state index contributed by atoms with van der Waals surface area (Å²) in [5.74, 6) is -0.565. The zero-order valence-electron chi connectivity index (χ0n) is 12.1. The van der Waals surface area contributed by atoms with E-state index in [0.717, 1.165) is 5.56 Å². The Balaban J connectivity index is 1.77. The maximum atomic E-state index is 12.8. The van der Waals surface area contributed by atoms with Crippen LogP contribution < -0.4 is 11.1 Å². The number of carbonyl (C=O) groups is 1. The highest BCUT2D eigenvalue weighted by Gasteiger charge is 2.04. The summed E-state index contributed by atoms with van der Waals surface area (Å²) >= 11 is 5.84. The standard InChI is InChI=1S/C16H15ClFN3O2/c17-13-3-1-2-12(8-13)16(19)21-23-10-15(22)20-9-11-4-6-14(18)7-5-11/h1-8H,9-10H2,(H2,19,21)(H,20,22). The number of halogens is 2. The van der Waals surface area contributed by atoms with Gasteiger partial charge in [0.25, 0.3) is 5.91 Å². The van der Waals surface area contributed by atoms with Crippen LogP contribution in [0.3, 0.4) is 0 Å². The Bertz CT molecular complexity index is 705.